The fourth-order valence-electron chi connectivity index (χ4n) is 1.36. The van der Waals surface area contributed by atoms with Crippen LogP contribution in [-0.4, -0.2) is 10.7 Å². The van der Waals surface area contributed by atoms with E-state index in [0.717, 1.165) is 19.5 Å². The lowest BCUT2D eigenvalue weighted by molar-refractivity contribution is 0.312. The lowest BCUT2D eigenvalue weighted by Crippen LogP contribution is -1.87. The van der Waals surface area contributed by atoms with E-state index in [-0.39, 0.29) is 0 Å². The van der Waals surface area contributed by atoms with Crippen LogP contribution in [0.1, 0.15) is 16.7 Å². The number of aliphatic hydroxyl groups excluding tert-OH is 1. The zero-order valence-electron chi connectivity index (χ0n) is 10.5. The Hall–Kier alpha value is -1.67. The summed E-state index contributed by atoms with van der Waals surface area (Å²) in [5, 5.41) is 8.92. The molecule has 0 fully saturated rings. The lowest BCUT2D eigenvalue weighted by atomic mass is 10.3. The number of rotatable bonds is 1. The molecule has 2 rings (SSSR count). The first kappa shape index (κ1) is 14.7. The summed E-state index contributed by atoms with van der Waals surface area (Å²) < 4.78 is 0. The van der Waals surface area contributed by atoms with Crippen molar-refractivity contribution in [3.05, 3.63) is 34.0 Å². The summed E-state index contributed by atoms with van der Waals surface area (Å²) in [5.41, 5.74) is -1.12. The molecule has 0 aromatic carbocycles. The zero-order chi connectivity index (χ0) is 14.4. The fraction of sp³-hybridized carbons (Fsp3) is 0.125. The highest BCUT2D eigenvalue weighted by Crippen LogP contribution is 2.33. The second-order valence-electron chi connectivity index (χ2n) is 3.56. The summed E-state index contributed by atoms with van der Waals surface area (Å²) in [6.07, 6.45) is 0. The third kappa shape index (κ3) is 4.17. The van der Waals surface area contributed by atoms with Gasteiger partial charge in [-0.2, -0.15) is 0 Å². The summed E-state index contributed by atoms with van der Waals surface area (Å²) in [4.78, 5) is 4.12. The summed E-state index contributed by atoms with van der Waals surface area (Å²) in [5.74, 6) is 16.6. The predicted molar refractivity (Wildman–Crippen MR) is 86.7 cm³/mol. The predicted octanol–water partition coefficient (Wildman–Crippen LogP) is 3.76. The van der Waals surface area contributed by atoms with Gasteiger partial charge in [-0.25, -0.2) is 0 Å². The minimum Gasteiger partial charge on any atom is -0.367 e. The van der Waals surface area contributed by atoms with E-state index in [1.807, 2.05) is 24.3 Å². The van der Waals surface area contributed by atoms with Gasteiger partial charge in [0, 0.05) is 9.75 Å². The van der Waals surface area contributed by atoms with Crippen LogP contribution in [0.3, 0.4) is 0 Å². The Bertz CT molecular complexity index is 779. The van der Waals surface area contributed by atoms with Crippen molar-refractivity contribution < 1.29 is 5.11 Å². The Morgan fingerprint density at radius 2 is 1.60 bits per heavy atom. The van der Waals surface area contributed by atoms with Crippen molar-refractivity contribution in [3.8, 4) is 45.3 Å². The first-order chi connectivity index (χ1) is 9.69. The van der Waals surface area contributed by atoms with Crippen LogP contribution < -0.4 is 0 Å². The molecular weight excluding hydrogens is 308 g/mol. The Labute approximate surface area is 131 Å². The van der Waals surface area contributed by atoms with E-state index in [4.69, 9.17) is 16.7 Å². The molecule has 98 valence electrons. The molecule has 0 aliphatic rings. The molecule has 0 saturated carbocycles. The van der Waals surface area contributed by atoms with Crippen LogP contribution in [0.25, 0.3) is 9.75 Å². The molecule has 1 unspecified atom stereocenters. The molecule has 2 heterocycles. The van der Waals surface area contributed by atoms with E-state index in [9.17, 15) is 0 Å². The van der Waals surface area contributed by atoms with E-state index in [1.165, 1.54) is 0 Å². The molecule has 0 spiro atoms. The second-order valence-corrected chi connectivity index (χ2v) is 6.14. The highest BCUT2D eigenvalue weighted by molar-refractivity contribution is 7.22. The van der Waals surface area contributed by atoms with Gasteiger partial charge in [0.15, 0.2) is 5.56 Å². The van der Waals surface area contributed by atoms with Crippen molar-refractivity contribution >= 4 is 34.3 Å². The molecule has 2 aromatic heterocycles. The van der Waals surface area contributed by atoms with Gasteiger partial charge in [0.1, 0.15) is 0 Å². The molecule has 0 bridgehead atoms. The molecule has 2 aromatic rings. The first-order valence-electron chi connectivity index (χ1n) is 5.65. The van der Waals surface area contributed by atoms with Gasteiger partial charge in [-0.3, -0.25) is 0 Å². The number of hydrogen-bond donors (Lipinski definition) is 1. The molecule has 0 saturated heterocycles. The maximum atomic E-state index is 8.92. The fourth-order valence-corrected chi connectivity index (χ4v) is 3.23. The van der Waals surface area contributed by atoms with Gasteiger partial charge in [0.2, 0.25) is 0 Å². The highest BCUT2D eigenvalue weighted by Gasteiger charge is 2.04. The molecule has 20 heavy (non-hydrogen) atoms. The number of aliphatic hydroxyl groups is 1. The number of halogens is 1. The average Bonchev–Trinajstić information content (AvgIpc) is 3.05. The molecule has 1 nitrogen and oxygen atoms in total. The third-order valence-electron chi connectivity index (χ3n) is 2.14. The van der Waals surface area contributed by atoms with E-state index in [2.05, 4.69) is 35.5 Å². The van der Waals surface area contributed by atoms with Gasteiger partial charge in [-0.05, 0) is 54.9 Å². The van der Waals surface area contributed by atoms with Crippen molar-refractivity contribution in [2.24, 2.45) is 0 Å². The minimum atomic E-state index is -1.12. The number of thiophene rings is 2. The van der Waals surface area contributed by atoms with Crippen molar-refractivity contribution in [1.82, 2.24) is 0 Å². The number of hydrogen-bond acceptors (Lipinski definition) is 3. The summed E-state index contributed by atoms with van der Waals surface area (Å²) in [6.45, 7) is 1.76. The van der Waals surface area contributed by atoms with Crippen molar-refractivity contribution in [1.29, 1.82) is 0 Å². The summed E-state index contributed by atoms with van der Waals surface area (Å²) in [6, 6.07) is 7.94. The van der Waals surface area contributed by atoms with Crippen molar-refractivity contribution in [2.75, 3.05) is 0 Å². The SMILES string of the molecule is CC#CC#Cc1ccc(-c2ccc(C#CC(O)Cl)s2)s1. The van der Waals surface area contributed by atoms with Gasteiger partial charge in [0.25, 0.3) is 0 Å². The molecule has 4 heteroatoms. The normalized spacial score (nSPS) is 10.3. The van der Waals surface area contributed by atoms with E-state index < -0.39 is 5.56 Å². The molecule has 0 radical (unpaired) electrons. The minimum absolute atomic E-state index is 0.873. The summed E-state index contributed by atoms with van der Waals surface area (Å²) in [7, 11) is 0. The Balaban J connectivity index is 2.19. The smallest absolute Gasteiger partial charge is 0.190 e. The van der Waals surface area contributed by atoms with Gasteiger partial charge in [-0.15, -0.1) is 22.7 Å². The van der Waals surface area contributed by atoms with Gasteiger partial charge >= 0.3 is 0 Å². The second kappa shape index (κ2) is 7.20. The van der Waals surface area contributed by atoms with Gasteiger partial charge in [-0.1, -0.05) is 23.4 Å². The molecule has 1 atom stereocenters. The molecular formula is C16H9ClOS2. The van der Waals surface area contributed by atoms with Crippen LogP contribution in [0.2, 0.25) is 0 Å². The molecule has 0 amide bonds. The quantitative estimate of drug-likeness (QED) is 0.627. The van der Waals surface area contributed by atoms with Crippen molar-refractivity contribution in [2.45, 2.75) is 12.5 Å². The Morgan fingerprint density at radius 1 is 1.00 bits per heavy atom. The molecule has 0 aliphatic heterocycles. The standard InChI is InChI=1S/C16H9ClOS2/c1-2-3-4-5-12-6-9-14(19-12)15-10-7-13(20-15)8-11-16(17)18/h6-7,9-10,16,18H,1H3. The van der Waals surface area contributed by atoms with Crippen LogP contribution in [0.5, 0.6) is 0 Å². The molecule has 1 N–H and O–H groups in total. The van der Waals surface area contributed by atoms with Gasteiger partial charge < -0.3 is 5.11 Å². The topological polar surface area (TPSA) is 20.2 Å². The lowest BCUT2D eigenvalue weighted by Gasteiger charge is -1.87. The highest BCUT2D eigenvalue weighted by atomic mass is 35.5. The van der Waals surface area contributed by atoms with Gasteiger partial charge in [0.05, 0.1) is 9.75 Å². The maximum absolute atomic E-state index is 8.92. The summed E-state index contributed by atoms with van der Waals surface area (Å²) >= 11 is 8.56. The Kier molecular flexibility index (Phi) is 5.31. The Morgan fingerprint density at radius 3 is 2.15 bits per heavy atom. The first-order valence-corrected chi connectivity index (χ1v) is 7.72. The van der Waals surface area contributed by atoms with Crippen molar-refractivity contribution in [3.63, 3.8) is 0 Å². The maximum Gasteiger partial charge on any atom is 0.190 e. The van der Waals surface area contributed by atoms with E-state index in [1.54, 1.807) is 29.6 Å². The average molecular weight is 317 g/mol. The van der Waals surface area contributed by atoms with Crippen LogP contribution in [0, 0.1) is 35.5 Å². The zero-order valence-corrected chi connectivity index (χ0v) is 12.9. The monoisotopic (exact) mass is 316 g/mol. The van der Waals surface area contributed by atoms with Crippen LogP contribution in [0.4, 0.5) is 0 Å². The molecule has 0 aliphatic carbocycles. The number of alkyl halides is 1. The van der Waals surface area contributed by atoms with E-state index >= 15 is 0 Å². The van der Waals surface area contributed by atoms with Crippen LogP contribution >= 0.6 is 34.3 Å². The third-order valence-corrected chi connectivity index (χ3v) is 4.45. The largest absolute Gasteiger partial charge is 0.367 e. The van der Waals surface area contributed by atoms with Crippen LogP contribution in [0.15, 0.2) is 24.3 Å². The van der Waals surface area contributed by atoms with E-state index in [0.29, 0.717) is 0 Å². The van der Waals surface area contributed by atoms with Crippen LogP contribution in [-0.2, 0) is 0 Å².